The summed E-state index contributed by atoms with van der Waals surface area (Å²) in [5, 5.41) is 5.99. The fourth-order valence-corrected chi connectivity index (χ4v) is 3.52. The van der Waals surface area contributed by atoms with Crippen LogP contribution in [-0.2, 0) is 20.7 Å². The number of para-hydroxylation sites is 1. The number of nitrogens with one attached hydrogen (secondary N) is 2. The molecular weight excluding hydrogens is 318 g/mol. The summed E-state index contributed by atoms with van der Waals surface area (Å²) in [6, 6.07) is 7.96. The highest BCUT2D eigenvalue weighted by molar-refractivity contribution is 5.96. The maximum Gasteiger partial charge on any atom is 0.227 e. The molecule has 0 unspecified atom stereocenters. The van der Waals surface area contributed by atoms with Crippen LogP contribution in [-0.4, -0.2) is 55.6 Å². The Bertz CT molecular complexity index is 614. The average Bonchev–Trinajstić information content (AvgIpc) is 2.60. The summed E-state index contributed by atoms with van der Waals surface area (Å²) in [5.74, 6) is -0.0875. The second kappa shape index (κ2) is 8.45. The van der Waals surface area contributed by atoms with E-state index < -0.39 is 0 Å². The third kappa shape index (κ3) is 5.03. The number of rotatable bonds is 6. The predicted octanol–water partition coefficient (Wildman–Crippen LogP) is 1.41. The normalized spacial score (nSPS) is 22.0. The lowest BCUT2D eigenvalue weighted by Crippen LogP contribution is -2.46. The molecule has 6 heteroatoms. The zero-order valence-corrected chi connectivity index (χ0v) is 14.8. The Morgan fingerprint density at radius 2 is 2.12 bits per heavy atom. The number of amides is 2. The first-order valence-electron chi connectivity index (χ1n) is 9.10. The highest BCUT2D eigenvalue weighted by Gasteiger charge is 2.26. The molecule has 2 aliphatic heterocycles. The molecule has 2 atom stereocenters. The van der Waals surface area contributed by atoms with Gasteiger partial charge >= 0.3 is 0 Å². The van der Waals surface area contributed by atoms with Gasteiger partial charge in [0.15, 0.2) is 0 Å². The molecule has 6 nitrogen and oxygen atoms in total. The monoisotopic (exact) mass is 345 g/mol. The Morgan fingerprint density at radius 1 is 1.36 bits per heavy atom. The summed E-state index contributed by atoms with van der Waals surface area (Å²) in [6.45, 7) is 6.23. The van der Waals surface area contributed by atoms with Crippen LogP contribution in [0.2, 0.25) is 0 Å². The molecule has 0 saturated carbocycles. The first-order chi connectivity index (χ1) is 12.1. The quantitative estimate of drug-likeness (QED) is 0.818. The molecule has 2 N–H and O–H groups in total. The van der Waals surface area contributed by atoms with Crippen molar-refractivity contribution in [3.63, 3.8) is 0 Å². The average molecular weight is 345 g/mol. The highest BCUT2D eigenvalue weighted by Crippen LogP contribution is 2.27. The summed E-state index contributed by atoms with van der Waals surface area (Å²) < 4.78 is 5.34. The number of fused-ring (bicyclic) bond motifs is 1. The summed E-state index contributed by atoms with van der Waals surface area (Å²) in [4.78, 5) is 26.7. The number of carbonyl (C=O) groups excluding carboxylic acids is 2. The van der Waals surface area contributed by atoms with Gasteiger partial charge in [-0.05, 0) is 31.4 Å². The second-order valence-corrected chi connectivity index (χ2v) is 6.97. The number of benzene rings is 1. The van der Waals surface area contributed by atoms with Gasteiger partial charge in [-0.2, -0.15) is 0 Å². The maximum absolute atomic E-state index is 12.2. The van der Waals surface area contributed by atoms with Crippen molar-refractivity contribution in [3.8, 4) is 0 Å². The van der Waals surface area contributed by atoms with Crippen molar-refractivity contribution in [1.82, 2.24) is 10.2 Å². The number of hydrogen-bond donors (Lipinski definition) is 2. The SMILES string of the molecule is C[C@H](CN1CCOCC1)NC(=O)CC[C@H]1Cc2ccccc2NC1=O. The van der Waals surface area contributed by atoms with Crippen molar-refractivity contribution in [2.45, 2.75) is 32.2 Å². The molecule has 2 aliphatic rings. The van der Waals surface area contributed by atoms with Crippen LogP contribution < -0.4 is 10.6 Å². The van der Waals surface area contributed by atoms with E-state index in [-0.39, 0.29) is 23.8 Å². The van der Waals surface area contributed by atoms with Gasteiger partial charge in [0, 0.05) is 43.7 Å². The number of anilines is 1. The summed E-state index contributed by atoms with van der Waals surface area (Å²) in [7, 11) is 0. The smallest absolute Gasteiger partial charge is 0.227 e. The Hall–Kier alpha value is -1.92. The van der Waals surface area contributed by atoms with E-state index in [1.165, 1.54) is 0 Å². The fraction of sp³-hybridized carbons (Fsp3) is 0.579. The van der Waals surface area contributed by atoms with E-state index in [0.29, 0.717) is 19.3 Å². The van der Waals surface area contributed by atoms with Gasteiger partial charge in [0.25, 0.3) is 0 Å². The van der Waals surface area contributed by atoms with Crippen LogP contribution in [0.25, 0.3) is 0 Å². The molecule has 2 heterocycles. The molecule has 0 radical (unpaired) electrons. The molecular formula is C19H27N3O3. The summed E-state index contributed by atoms with van der Waals surface area (Å²) in [6.07, 6.45) is 1.67. The standard InChI is InChI=1S/C19H27N3O3/c1-14(13-22-8-10-25-11-9-22)20-18(23)7-6-16-12-15-4-2-3-5-17(15)21-19(16)24/h2-5,14,16H,6-13H2,1H3,(H,20,23)(H,21,24)/t14-,16+/m1/s1. The Labute approximate surface area is 148 Å². The minimum absolute atomic E-state index is 0.0208. The predicted molar refractivity (Wildman–Crippen MR) is 96.4 cm³/mol. The molecule has 0 bridgehead atoms. The molecule has 2 amide bonds. The van der Waals surface area contributed by atoms with Gasteiger partial charge in [-0.1, -0.05) is 18.2 Å². The second-order valence-electron chi connectivity index (χ2n) is 6.97. The van der Waals surface area contributed by atoms with E-state index in [4.69, 9.17) is 4.74 Å². The number of morpholine rings is 1. The van der Waals surface area contributed by atoms with Gasteiger partial charge in [0.2, 0.25) is 11.8 Å². The van der Waals surface area contributed by atoms with Crippen LogP contribution in [0.5, 0.6) is 0 Å². The first kappa shape index (κ1) is 17.9. The van der Waals surface area contributed by atoms with Crippen molar-refractivity contribution in [1.29, 1.82) is 0 Å². The van der Waals surface area contributed by atoms with E-state index in [1.807, 2.05) is 31.2 Å². The van der Waals surface area contributed by atoms with Crippen LogP contribution >= 0.6 is 0 Å². The minimum Gasteiger partial charge on any atom is -0.379 e. The van der Waals surface area contributed by atoms with Crippen molar-refractivity contribution in [2.75, 3.05) is 38.2 Å². The molecule has 3 rings (SSSR count). The van der Waals surface area contributed by atoms with Crippen LogP contribution in [0.15, 0.2) is 24.3 Å². The zero-order valence-electron chi connectivity index (χ0n) is 14.8. The van der Waals surface area contributed by atoms with Crippen molar-refractivity contribution < 1.29 is 14.3 Å². The minimum atomic E-state index is -0.129. The van der Waals surface area contributed by atoms with Crippen molar-refractivity contribution >= 4 is 17.5 Å². The first-order valence-corrected chi connectivity index (χ1v) is 9.10. The summed E-state index contributed by atoms with van der Waals surface area (Å²) in [5.41, 5.74) is 2.04. The number of nitrogens with zero attached hydrogens (tertiary/aromatic N) is 1. The number of hydrogen-bond acceptors (Lipinski definition) is 4. The highest BCUT2D eigenvalue weighted by atomic mass is 16.5. The third-order valence-corrected chi connectivity index (χ3v) is 4.88. The van der Waals surface area contributed by atoms with Crippen LogP contribution in [0.1, 0.15) is 25.3 Å². The Morgan fingerprint density at radius 3 is 2.92 bits per heavy atom. The third-order valence-electron chi connectivity index (χ3n) is 4.88. The molecule has 25 heavy (non-hydrogen) atoms. The van der Waals surface area contributed by atoms with Gasteiger partial charge in [-0.15, -0.1) is 0 Å². The molecule has 0 spiro atoms. The fourth-order valence-electron chi connectivity index (χ4n) is 3.52. The van der Waals surface area contributed by atoms with E-state index >= 15 is 0 Å². The maximum atomic E-state index is 12.2. The van der Waals surface area contributed by atoms with Crippen LogP contribution in [0.4, 0.5) is 5.69 Å². The molecule has 0 aromatic heterocycles. The lowest BCUT2D eigenvalue weighted by molar-refractivity contribution is -0.123. The van der Waals surface area contributed by atoms with E-state index in [2.05, 4.69) is 15.5 Å². The summed E-state index contributed by atoms with van der Waals surface area (Å²) >= 11 is 0. The molecule has 1 aromatic rings. The van der Waals surface area contributed by atoms with Gasteiger partial charge in [-0.25, -0.2) is 0 Å². The van der Waals surface area contributed by atoms with Gasteiger partial charge in [-0.3, -0.25) is 14.5 Å². The molecule has 0 aliphatic carbocycles. The molecule has 1 fully saturated rings. The zero-order chi connectivity index (χ0) is 17.6. The van der Waals surface area contributed by atoms with E-state index in [1.54, 1.807) is 0 Å². The van der Waals surface area contributed by atoms with Crippen LogP contribution in [0, 0.1) is 5.92 Å². The van der Waals surface area contributed by atoms with Crippen molar-refractivity contribution in [2.24, 2.45) is 5.92 Å². The number of ether oxygens (including phenoxy) is 1. The van der Waals surface area contributed by atoms with E-state index in [0.717, 1.165) is 44.1 Å². The van der Waals surface area contributed by atoms with Crippen LogP contribution in [0.3, 0.4) is 0 Å². The van der Waals surface area contributed by atoms with Crippen molar-refractivity contribution in [3.05, 3.63) is 29.8 Å². The van der Waals surface area contributed by atoms with Gasteiger partial charge in [0.1, 0.15) is 0 Å². The number of carbonyl (C=O) groups is 2. The lowest BCUT2D eigenvalue weighted by Gasteiger charge is -2.29. The van der Waals surface area contributed by atoms with Gasteiger partial charge in [0.05, 0.1) is 13.2 Å². The Balaban J connectivity index is 1.42. The Kier molecular flexibility index (Phi) is 6.04. The van der Waals surface area contributed by atoms with Gasteiger partial charge < -0.3 is 15.4 Å². The topological polar surface area (TPSA) is 70.7 Å². The molecule has 1 aromatic carbocycles. The largest absolute Gasteiger partial charge is 0.379 e. The molecule has 1 saturated heterocycles. The molecule has 136 valence electrons. The lowest BCUT2D eigenvalue weighted by atomic mass is 9.89. The van der Waals surface area contributed by atoms with E-state index in [9.17, 15) is 9.59 Å².